The molecule has 0 unspecified atom stereocenters. The molecule has 0 aliphatic heterocycles. The van der Waals surface area contributed by atoms with Gasteiger partial charge in [-0.3, -0.25) is 0 Å². The summed E-state index contributed by atoms with van der Waals surface area (Å²) >= 11 is 3.17. The summed E-state index contributed by atoms with van der Waals surface area (Å²) in [6.07, 6.45) is 0. The molecule has 100 valence electrons. The van der Waals surface area contributed by atoms with Gasteiger partial charge in [0.2, 0.25) is 5.88 Å². The van der Waals surface area contributed by atoms with Crippen LogP contribution >= 0.6 is 15.9 Å². The molecule has 2 aromatic carbocycles. The van der Waals surface area contributed by atoms with Gasteiger partial charge >= 0.3 is 0 Å². The maximum absolute atomic E-state index is 14.2. The van der Waals surface area contributed by atoms with E-state index in [1.807, 2.05) is 30.3 Å². The van der Waals surface area contributed by atoms with Gasteiger partial charge in [0, 0.05) is 5.56 Å². The van der Waals surface area contributed by atoms with Crippen LogP contribution in [0.5, 0.6) is 0 Å². The molecule has 3 aromatic rings. The lowest BCUT2D eigenvalue weighted by Gasteiger charge is -2.04. The van der Waals surface area contributed by atoms with Crippen molar-refractivity contribution in [1.82, 2.24) is 5.16 Å². The lowest BCUT2D eigenvalue weighted by molar-refractivity contribution is 0.439. The van der Waals surface area contributed by atoms with Gasteiger partial charge in [-0.2, -0.15) is 0 Å². The molecule has 0 saturated heterocycles. The summed E-state index contributed by atoms with van der Waals surface area (Å²) < 4.78 is 19.6. The normalized spacial score (nSPS) is 10.7. The third kappa shape index (κ3) is 2.10. The van der Waals surface area contributed by atoms with Crippen molar-refractivity contribution in [2.45, 2.75) is 0 Å². The number of hydrogen-bond acceptors (Lipinski definition) is 3. The summed E-state index contributed by atoms with van der Waals surface area (Å²) in [6.45, 7) is 0. The quantitative estimate of drug-likeness (QED) is 0.752. The summed E-state index contributed by atoms with van der Waals surface area (Å²) in [5, 5.41) is 3.90. The van der Waals surface area contributed by atoms with E-state index in [1.54, 1.807) is 18.2 Å². The van der Waals surface area contributed by atoms with Crippen LogP contribution in [0.1, 0.15) is 0 Å². The Balaban J connectivity index is 2.24. The lowest BCUT2D eigenvalue weighted by atomic mass is 10.0. The van der Waals surface area contributed by atoms with Gasteiger partial charge in [0.05, 0.1) is 10.0 Å². The molecule has 0 fully saturated rings. The second-order valence-corrected chi connectivity index (χ2v) is 5.09. The smallest absolute Gasteiger partial charge is 0.230 e. The summed E-state index contributed by atoms with van der Waals surface area (Å²) in [5.41, 5.74) is 8.01. The number of halogens is 2. The minimum Gasteiger partial charge on any atom is -0.367 e. The van der Waals surface area contributed by atoms with Crippen LogP contribution in [0.25, 0.3) is 22.4 Å². The Kier molecular flexibility index (Phi) is 3.28. The molecule has 0 radical (unpaired) electrons. The topological polar surface area (TPSA) is 52.0 Å². The van der Waals surface area contributed by atoms with Crippen LogP contribution in [0, 0.1) is 5.82 Å². The monoisotopic (exact) mass is 332 g/mol. The van der Waals surface area contributed by atoms with Crippen molar-refractivity contribution in [2.75, 3.05) is 5.73 Å². The highest BCUT2D eigenvalue weighted by molar-refractivity contribution is 9.10. The minimum absolute atomic E-state index is 0.172. The number of anilines is 1. The molecule has 0 aliphatic carbocycles. The van der Waals surface area contributed by atoms with Crippen LogP contribution in [0.3, 0.4) is 0 Å². The van der Waals surface area contributed by atoms with E-state index in [4.69, 9.17) is 10.3 Å². The van der Waals surface area contributed by atoms with Crippen molar-refractivity contribution in [1.29, 1.82) is 0 Å². The zero-order chi connectivity index (χ0) is 14.1. The van der Waals surface area contributed by atoms with Crippen molar-refractivity contribution in [3.05, 3.63) is 58.8 Å². The Morgan fingerprint density at radius 1 is 1.05 bits per heavy atom. The van der Waals surface area contributed by atoms with Gasteiger partial charge in [0.1, 0.15) is 11.5 Å². The molecular formula is C15H10BrFN2O. The Hall–Kier alpha value is -2.14. The summed E-state index contributed by atoms with van der Waals surface area (Å²) in [4.78, 5) is 0. The molecule has 0 amide bonds. The SMILES string of the molecule is Nc1onc(-c2cccc(Br)c2F)c1-c1ccccc1. The van der Waals surface area contributed by atoms with Crippen LogP contribution in [0.4, 0.5) is 10.3 Å². The predicted octanol–water partition coefficient (Wildman–Crippen LogP) is 4.49. The van der Waals surface area contributed by atoms with Gasteiger partial charge in [-0.05, 0) is 33.6 Å². The van der Waals surface area contributed by atoms with Gasteiger partial charge < -0.3 is 10.3 Å². The summed E-state index contributed by atoms with van der Waals surface area (Å²) in [6, 6.07) is 14.4. The Morgan fingerprint density at radius 2 is 1.80 bits per heavy atom. The van der Waals surface area contributed by atoms with Gasteiger partial charge in [-0.15, -0.1) is 0 Å². The fraction of sp³-hybridized carbons (Fsp3) is 0. The molecule has 1 aromatic heterocycles. The van der Waals surface area contributed by atoms with Crippen LogP contribution in [0.15, 0.2) is 57.5 Å². The molecule has 5 heteroatoms. The molecule has 0 saturated carbocycles. The molecule has 1 heterocycles. The number of nitrogens with two attached hydrogens (primary N) is 1. The highest BCUT2D eigenvalue weighted by Crippen LogP contribution is 2.38. The first kappa shape index (κ1) is 12.9. The molecule has 0 spiro atoms. The summed E-state index contributed by atoms with van der Waals surface area (Å²) in [5.74, 6) is -0.219. The Labute approximate surface area is 123 Å². The first-order valence-electron chi connectivity index (χ1n) is 5.93. The number of nitrogens with zero attached hydrogens (tertiary/aromatic N) is 1. The largest absolute Gasteiger partial charge is 0.367 e. The molecule has 3 rings (SSSR count). The Bertz CT molecular complexity index is 756. The third-order valence-corrected chi connectivity index (χ3v) is 3.60. The molecule has 20 heavy (non-hydrogen) atoms. The highest BCUT2D eigenvalue weighted by atomic mass is 79.9. The summed E-state index contributed by atoms with van der Waals surface area (Å²) in [7, 11) is 0. The number of rotatable bonds is 2. The van der Waals surface area contributed by atoms with E-state index in [1.165, 1.54) is 0 Å². The van der Waals surface area contributed by atoms with E-state index in [2.05, 4.69) is 21.1 Å². The maximum Gasteiger partial charge on any atom is 0.230 e. The zero-order valence-electron chi connectivity index (χ0n) is 10.3. The van der Waals surface area contributed by atoms with Crippen molar-refractivity contribution in [2.24, 2.45) is 0 Å². The number of benzene rings is 2. The van der Waals surface area contributed by atoms with Crippen LogP contribution in [-0.2, 0) is 0 Å². The van der Waals surface area contributed by atoms with E-state index in [0.717, 1.165) is 5.56 Å². The molecule has 2 N–H and O–H groups in total. The third-order valence-electron chi connectivity index (χ3n) is 2.99. The molecule has 3 nitrogen and oxygen atoms in total. The number of aromatic nitrogens is 1. The fourth-order valence-electron chi connectivity index (χ4n) is 2.06. The molecule has 0 aliphatic rings. The average Bonchev–Trinajstić information content (AvgIpc) is 2.84. The average molecular weight is 333 g/mol. The molecule has 0 bridgehead atoms. The fourth-order valence-corrected chi connectivity index (χ4v) is 2.42. The number of hydrogen-bond donors (Lipinski definition) is 1. The predicted molar refractivity (Wildman–Crippen MR) is 79.4 cm³/mol. The second kappa shape index (κ2) is 5.09. The van der Waals surface area contributed by atoms with Crippen molar-refractivity contribution >= 4 is 21.8 Å². The van der Waals surface area contributed by atoms with E-state index in [-0.39, 0.29) is 5.88 Å². The van der Waals surface area contributed by atoms with Crippen LogP contribution in [0.2, 0.25) is 0 Å². The van der Waals surface area contributed by atoms with Gasteiger partial charge in [-0.25, -0.2) is 4.39 Å². The lowest BCUT2D eigenvalue weighted by Crippen LogP contribution is -1.90. The van der Waals surface area contributed by atoms with Crippen molar-refractivity contribution < 1.29 is 8.91 Å². The van der Waals surface area contributed by atoms with E-state index in [0.29, 0.717) is 21.3 Å². The molecule has 0 atom stereocenters. The van der Waals surface area contributed by atoms with Crippen LogP contribution in [-0.4, -0.2) is 5.16 Å². The Morgan fingerprint density at radius 3 is 2.55 bits per heavy atom. The van der Waals surface area contributed by atoms with Crippen molar-refractivity contribution in [3.63, 3.8) is 0 Å². The first-order chi connectivity index (χ1) is 9.68. The van der Waals surface area contributed by atoms with E-state index >= 15 is 0 Å². The second-order valence-electron chi connectivity index (χ2n) is 4.24. The van der Waals surface area contributed by atoms with E-state index < -0.39 is 5.82 Å². The highest BCUT2D eigenvalue weighted by Gasteiger charge is 2.20. The zero-order valence-corrected chi connectivity index (χ0v) is 11.9. The van der Waals surface area contributed by atoms with Crippen LogP contribution < -0.4 is 5.73 Å². The van der Waals surface area contributed by atoms with Gasteiger partial charge in [-0.1, -0.05) is 41.6 Å². The first-order valence-corrected chi connectivity index (χ1v) is 6.72. The van der Waals surface area contributed by atoms with E-state index in [9.17, 15) is 4.39 Å². The van der Waals surface area contributed by atoms with Crippen molar-refractivity contribution in [3.8, 4) is 22.4 Å². The number of nitrogen functional groups attached to an aromatic ring is 1. The maximum atomic E-state index is 14.2. The minimum atomic E-state index is -0.391. The van der Waals surface area contributed by atoms with Gasteiger partial charge in [0.25, 0.3) is 0 Å². The molecular weight excluding hydrogens is 323 g/mol. The van der Waals surface area contributed by atoms with Gasteiger partial charge in [0.15, 0.2) is 0 Å². The standard InChI is InChI=1S/C15H10BrFN2O/c16-11-8-4-7-10(13(11)17)14-12(15(18)20-19-14)9-5-2-1-3-6-9/h1-8H,18H2.